The Morgan fingerprint density at radius 1 is 1.31 bits per heavy atom. The Bertz CT molecular complexity index is 803. The third kappa shape index (κ3) is 5.64. The molecule has 0 spiro atoms. The Hall–Kier alpha value is -2.25. The summed E-state index contributed by atoms with van der Waals surface area (Å²) in [6, 6.07) is 7.19. The number of nitrogens with zero attached hydrogens (tertiary/aromatic N) is 2. The summed E-state index contributed by atoms with van der Waals surface area (Å²) in [4.78, 5) is 32.0. The van der Waals surface area contributed by atoms with E-state index in [4.69, 9.17) is 5.73 Å². The van der Waals surface area contributed by atoms with Crippen molar-refractivity contribution in [3.63, 3.8) is 0 Å². The molecular formula is C22H32N4O2S. The van der Waals surface area contributed by atoms with Gasteiger partial charge in [0, 0.05) is 13.1 Å². The number of likely N-dealkylation sites (tertiary alicyclic amines) is 1. The van der Waals surface area contributed by atoms with Gasteiger partial charge >= 0.3 is 0 Å². The van der Waals surface area contributed by atoms with Gasteiger partial charge in [0.1, 0.15) is 6.04 Å². The highest BCUT2D eigenvalue weighted by Gasteiger charge is 2.35. The molecule has 2 amide bonds. The summed E-state index contributed by atoms with van der Waals surface area (Å²) in [7, 11) is 0. The van der Waals surface area contributed by atoms with Crippen LogP contribution in [0.3, 0.4) is 0 Å². The number of amides is 2. The molecule has 0 bridgehead atoms. The van der Waals surface area contributed by atoms with Crippen LogP contribution in [-0.4, -0.2) is 40.3 Å². The third-order valence-corrected chi connectivity index (χ3v) is 6.00. The molecule has 6 nitrogen and oxygen atoms in total. The van der Waals surface area contributed by atoms with Gasteiger partial charge in [0.2, 0.25) is 11.8 Å². The Labute approximate surface area is 177 Å². The zero-order chi connectivity index (χ0) is 21.4. The minimum atomic E-state index is -0.527. The number of carbonyl (C=O) groups is 2. The maximum absolute atomic E-state index is 12.6. The molecule has 1 aliphatic heterocycles. The molecule has 2 unspecified atom stereocenters. The first kappa shape index (κ1) is 23.0. The predicted molar refractivity (Wildman–Crippen MR) is 118 cm³/mol. The smallest absolute Gasteiger partial charge is 0.243 e. The van der Waals surface area contributed by atoms with Crippen molar-refractivity contribution in [1.29, 1.82) is 0 Å². The number of aromatic nitrogens is 1. The van der Waals surface area contributed by atoms with E-state index < -0.39 is 12.1 Å². The molecule has 1 aromatic carbocycles. The number of aryl methyl sites for hydroxylation is 1. The second kappa shape index (κ2) is 11.1. The lowest BCUT2D eigenvalue weighted by molar-refractivity contribution is -0.139. The second-order valence-corrected chi connectivity index (χ2v) is 7.74. The zero-order valence-electron chi connectivity index (χ0n) is 17.8. The van der Waals surface area contributed by atoms with Gasteiger partial charge in [-0.1, -0.05) is 45.0 Å². The second-order valence-electron chi connectivity index (χ2n) is 6.89. The SMILES string of the molecule is CC.CCC(N)C(=O)N1CCCC1C(=O)NCc1ccc(-c2scnc2C)cc1. The zero-order valence-corrected chi connectivity index (χ0v) is 18.6. The van der Waals surface area contributed by atoms with Crippen molar-refractivity contribution in [2.45, 2.75) is 65.6 Å². The molecule has 2 aromatic rings. The van der Waals surface area contributed by atoms with Crippen LogP contribution in [-0.2, 0) is 16.1 Å². The number of benzene rings is 1. The van der Waals surface area contributed by atoms with E-state index in [0.29, 0.717) is 25.9 Å². The summed E-state index contributed by atoms with van der Waals surface area (Å²) >= 11 is 1.62. The van der Waals surface area contributed by atoms with Crippen molar-refractivity contribution in [1.82, 2.24) is 15.2 Å². The Kier molecular flexibility index (Phi) is 8.79. The van der Waals surface area contributed by atoms with E-state index in [1.54, 1.807) is 16.2 Å². The fourth-order valence-electron chi connectivity index (χ4n) is 3.35. The maximum atomic E-state index is 12.6. The van der Waals surface area contributed by atoms with Gasteiger partial charge in [-0.2, -0.15) is 0 Å². The minimum absolute atomic E-state index is 0.105. The van der Waals surface area contributed by atoms with Crippen molar-refractivity contribution in [3.05, 3.63) is 41.0 Å². The summed E-state index contributed by atoms with van der Waals surface area (Å²) in [6.07, 6.45) is 2.11. The highest BCUT2D eigenvalue weighted by atomic mass is 32.1. The van der Waals surface area contributed by atoms with E-state index in [-0.39, 0.29) is 11.8 Å². The van der Waals surface area contributed by atoms with E-state index in [1.807, 2.05) is 57.5 Å². The van der Waals surface area contributed by atoms with Crippen LogP contribution in [0.15, 0.2) is 29.8 Å². The predicted octanol–water partition coefficient (Wildman–Crippen LogP) is 3.49. The normalized spacial score (nSPS) is 16.7. The fourth-order valence-corrected chi connectivity index (χ4v) is 4.16. The highest BCUT2D eigenvalue weighted by Crippen LogP contribution is 2.27. The van der Waals surface area contributed by atoms with Crippen LogP contribution >= 0.6 is 11.3 Å². The van der Waals surface area contributed by atoms with Gasteiger partial charge in [-0.25, -0.2) is 4.98 Å². The molecule has 2 heterocycles. The Morgan fingerprint density at radius 3 is 2.59 bits per heavy atom. The average Bonchev–Trinajstić information content (AvgIpc) is 3.42. The van der Waals surface area contributed by atoms with Crippen molar-refractivity contribution in [2.75, 3.05) is 6.54 Å². The largest absolute Gasteiger partial charge is 0.350 e. The molecule has 3 rings (SSSR count). The molecule has 1 aromatic heterocycles. The number of hydrogen-bond donors (Lipinski definition) is 2. The molecular weight excluding hydrogens is 384 g/mol. The maximum Gasteiger partial charge on any atom is 0.243 e. The number of rotatable bonds is 6. The number of nitrogens with two attached hydrogens (primary N) is 1. The molecule has 3 N–H and O–H groups in total. The van der Waals surface area contributed by atoms with Crippen LogP contribution < -0.4 is 11.1 Å². The monoisotopic (exact) mass is 416 g/mol. The molecule has 1 aliphatic rings. The highest BCUT2D eigenvalue weighted by molar-refractivity contribution is 7.13. The summed E-state index contributed by atoms with van der Waals surface area (Å²) in [5.74, 6) is -0.231. The Morgan fingerprint density at radius 2 is 2.00 bits per heavy atom. The van der Waals surface area contributed by atoms with Gasteiger partial charge in [0.15, 0.2) is 0 Å². The van der Waals surface area contributed by atoms with Crippen molar-refractivity contribution in [3.8, 4) is 10.4 Å². The molecule has 2 atom stereocenters. The molecule has 0 radical (unpaired) electrons. The third-order valence-electron chi connectivity index (χ3n) is 5.02. The van der Waals surface area contributed by atoms with Crippen LogP contribution in [0.5, 0.6) is 0 Å². The number of thiazole rings is 1. The molecule has 7 heteroatoms. The van der Waals surface area contributed by atoms with E-state index in [0.717, 1.165) is 28.1 Å². The quantitative estimate of drug-likeness (QED) is 0.754. The van der Waals surface area contributed by atoms with Crippen LogP contribution in [0.2, 0.25) is 0 Å². The first-order chi connectivity index (χ1) is 14.0. The molecule has 158 valence electrons. The lowest BCUT2D eigenvalue weighted by Gasteiger charge is -2.26. The van der Waals surface area contributed by atoms with Gasteiger partial charge in [-0.15, -0.1) is 11.3 Å². The molecule has 0 saturated carbocycles. The Balaban J connectivity index is 0.00000145. The molecule has 1 fully saturated rings. The summed E-state index contributed by atoms with van der Waals surface area (Å²) in [5, 5.41) is 2.96. The summed E-state index contributed by atoms with van der Waals surface area (Å²) in [6.45, 7) is 8.93. The van der Waals surface area contributed by atoms with Gasteiger partial charge in [0.25, 0.3) is 0 Å². The number of nitrogens with one attached hydrogen (secondary N) is 1. The van der Waals surface area contributed by atoms with Crippen molar-refractivity contribution in [2.24, 2.45) is 5.73 Å². The lowest BCUT2D eigenvalue weighted by atomic mass is 10.1. The standard InChI is InChI=1S/C20H26N4O2S.C2H6/c1-3-16(21)20(26)24-10-4-5-17(24)19(25)22-11-14-6-8-15(9-7-14)18-13(2)23-12-27-18;1-2/h6-9,12,16-17H,3-5,10-11,21H2,1-2H3,(H,22,25);1-2H3. The summed E-state index contributed by atoms with van der Waals surface area (Å²) in [5.41, 5.74) is 10.9. The van der Waals surface area contributed by atoms with Crippen LogP contribution in [0, 0.1) is 6.92 Å². The lowest BCUT2D eigenvalue weighted by Crippen LogP contribution is -2.50. The number of carbonyl (C=O) groups excluding carboxylic acids is 2. The average molecular weight is 417 g/mol. The van der Waals surface area contributed by atoms with E-state index in [9.17, 15) is 9.59 Å². The van der Waals surface area contributed by atoms with Gasteiger partial charge < -0.3 is 16.0 Å². The van der Waals surface area contributed by atoms with Crippen molar-refractivity contribution >= 4 is 23.2 Å². The van der Waals surface area contributed by atoms with Gasteiger partial charge in [0.05, 0.1) is 22.1 Å². The fraction of sp³-hybridized carbons (Fsp3) is 0.500. The number of hydrogen-bond acceptors (Lipinski definition) is 5. The van der Waals surface area contributed by atoms with Crippen molar-refractivity contribution < 1.29 is 9.59 Å². The molecule has 0 aliphatic carbocycles. The minimum Gasteiger partial charge on any atom is -0.350 e. The van der Waals surface area contributed by atoms with Crippen LogP contribution in [0.1, 0.15) is 51.3 Å². The van der Waals surface area contributed by atoms with Crippen LogP contribution in [0.4, 0.5) is 0 Å². The van der Waals surface area contributed by atoms with Gasteiger partial charge in [-0.05, 0) is 37.3 Å². The van der Waals surface area contributed by atoms with Crippen LogP contribution in [0.25, 0.3) is 10.4 Å². The van der Waals surface area contributed by atoms with E-state index in [2.05, 4.69) is 10.3 Å². The molecule has 1 saturated heterocycles. The van der Waals surface area contributed by atoms with E-state index in [1.165, 1.54) is 0 Å². The molecule has 29 heavy (non-hydrogen) atoms. The van der Waals surface area contributed by atoms with Gasteiger partial charge in [-0.3, -0.25) is 9.59 Å². The van der Waals surface area contributed by atoms with E-state index >= 15 is 0 Å². The first-order valence-electron chi connectivity index (χ1n) is 10.3. The summed E-state index contributed by atoms with van der Waals surface area (Å²) < 4.78 is 0. The first-order valence-corrected chi connectivity index (χ1v) is 11.2. The topological polar surface area (TPSA) is 88.3 Å².